The van der Waals surface area contributed by atoms with Crippen LogP contribution in [0.1, 0.15) is 24.4 Å². The number of hydrogen-bond acceptors (Lipinski definition) is 4. The van der Waals surface area contributed by atoms with E-state index >= 15 is 0 Å². The van der Waals surface area contributed by atoms with Crippen LogP contribution in [-0.2, 0) is 0 Å². The van der Waals surface area contributed by atoms with Crippen LogP contribution in [0.4, 0.5) is 0 Å². The molecule has 1 fully saturated rings. The molecular weight excluding hydrogens is 230 g/mol. The fourth-order valence-corrected chi connectivity index (χ4v) is 2.49. The minimum Gasteiger partial charge on any atom is -0.493 e. The van der Waals surface area contributed by atoms with Crippen LogP contribution in [0.25, 0.3) is 0 Å². The highest BCUT2D eigenvalue weighted by Crippen LogP contribution is 2.33. The number of rotatable bonds is 4. The van der Waals surface area contributed by atoms with Crippen LogP contribution >= 0.6 is 0 Å². The van der Waals surface area contributed by atoms with Gasteiger partial charge in [-0.1, -0.05) is 6.07 Å². The molecule has 0 aromatic heterocycles. The first-order chi connectivity index (χ1) is 8.78. The van der Waals surface area contributed by atoms with E-state index in [1.807, 2.05) is 12.1 Å². The Balaban J connectivity index is 2.17. The number of ether oxygens (including phenoxy) is 2. The third-order valence-corrected chi connectivity index (χ3v) is 3.58. The van der Waals surface area contributed by atoms with Gasteiger partial charge < -0.3 is 19.9 Å². The van der Waals surface area contributed by atoms with Crippen molar-refractivity contribution in [1.29, 1.82) is 0 Å². The van der Waals surface area contributed by atoms with Gasteiger partial charge in [-0.05, 0) is 43.0 Å². The monoisotopic (exact) mass is 251 g/mol. The van der Waals surface area contributed by atoms with E-state index in [1.165, 1.54) is 5.56 Å². The molecule has 2 N–H and O–H groups in total. The zero-order valence-corrected chi connectivity index (χ0v) is 11.0. The molecule has 100 valence electrons. The predicted molar refractivity (Wildman–Crippen MR) is 70.1 cm³/mol. The van der Waals surface area contributed by atoms with Crippen LogP contribution < -0.4 is 14.8 Å². The van der Waals surface area contributed by atoms with Crippen molar-refractivity contribution in [3.8, 4) is 11.5 Å². The molecule has 0 amide bonds. The van der Waals surface area contributed by atoms with Gasteiger partial charge in [-0.2, -0.15) is 0 Å². The average molecular weight is 251 g/mol. The number of nitrogens with one attached hydrogen (secondary N) is 1. The van der Waals surface area contributed by atoms with Crippen molar-refractivity contribution in [3.63, 3.8) is 0 Å². The summed E-state index contributed by atoms with van der Waals surface area (Å²) in [6, 6.07) is 6.28. The lowest BCUT2D eigenvalue weighted by Crippen LogP contribution is -2.33. The third-order valence-electron chi connectivity index (χ3n) is 3.58. The number of aliphatic hydroxyl groups excluding tert-OH is 1. The van der Waals surface area contributed by atoms with E-state index in [1.54, 1.807) is 14.2 Å². The minimum absolute atomic E-state index is 0.269. The summed E-state index contributed by atoms with van der Waals surface area (Å²) in [6.07, 6.45) is 2.01. The van der Waals surface area contributed by atoms with Gasteiger partial charge in [0.25, 0.3) is 0 Å². The molecular formula is C14H21NO3. The molecule has 1 aliphatic heterocycles. The molecule has 1 heterocycles. The van der Waals surface area contributed by atoms with Gasteiger partial charge >= 0.3 is 0 Å². The van der Waals surface area contributed by atoms with Crippen molar-refractivity contribution < 1.29 is 14.6 Å². The number of aliphatic hydroxyl groups is 1. The number of methoxy groups -OCH3 is 2. The Morgan fingerprint density at radius 1 is 1.28 bits per heavy atom. The Hall–Kier alpha value is -1.26. The highest BCUT2D eigenvalue weighted by molar-refractivity contribution is 5.43. The molecule has 4 heteroatoms. The first kappa shape index (κ1) is 13.2. The quantitative estimate of drug-likeness (QED) is 0.856. The minimum atomic E-state index is 0.269. The van der Waals surface area contributed by atoms with Crippen LogP contribution in [0.3, 0.4) is 0 Å². The van der Waals surface area contributed by atoms with Crippen LogP contribution in [-0.4, -0.2) is 32.5 Å². The molecule has 2 rings (SSSR count). The second kappa shape index (κ2) is 6.07. The molecule has 0 aliphatic carbocycles. The Bertz CT molecular complexity index is 395. The molecule has 1 aromatic rings. The molecule has 2 atom stereocenters. The maximum Gasteiger partial charge on any atom is 0.161 e. The topological polar surface area (TPSA) is 50.7 Å². The second-order valence-electron chi connectivity index (χ2n) is 4.69. The largest absolute Gasteiger partial charge is 0.493 e. The summed E-state index contributed by atoms with van der Waals surface area (Å²) in [5, 5.41) is 12.7. The molecule has 18 heavy (non-hydrogen) atoms. The Kier molecular flexibility index (Phi) is 4.44. The van der Waals surface area contributed by atoms with E-state index in [0.717, 1.165) is 30.9 Å². The predicted octanol–water partition coefficient (Wildman–Crippen LogP) is 1.74. The van der Waals surface area contributed by atoms with Crippen molar-refractivity contribution in [2.45, 2.75) is 18.9 Å². The van der Waals surface area contributed by atoms with Crippen LogP contribution in [0.2, 0.25) is 0 Å². The van der Waals surface area contributed by atoms with Gasteiger partial charge in [0, 0.05) is 12.6 Å². The van der Waals surface area contributed by atoms with Crippen LogP contribution in [0.15, 0.2) is 18.2 Å². The molecule has 2 unspecified atom stereocenters. The summed E-state index contributed by atoms with van der Waals surface area (Å²) in [6.45, 7) is 1.22. The maximum absolute atomic E-state index is 9.27. The van der Waals surface area contributed by atoms with Crippen molar-refractivity contribution in [3.05, 3.63) is 23.8 Å². The Morgan fingerprint density at radius 2 is 2.06 bits per heavy atom. The van der Waals surface area contributed by atoms with Gasteiger partial charge in [-0.15, -0.1) is 0 Å². The van der Waals surface area contributed by atoms with Crippen molar-refractivity contribution >= 4 is 0 Å². The first-order valence-corrected chi connectivity index (χ1v) is 6.34. The van der Waals surface area contributed by atoms with E-state index in [4.69, 9.17) is 9.47 Å². The molecule has 0 radical (unpaired) electrons. The summed E-state index contributed by atoms with van der Waals surface area (Å²) in [5.41, 5.74) is 1.19. The normalized spacial score (nSPS) is 23.7. The smallest absolute Gasteiger partial charge is 0.161 e. The molecule has 4 nitrogen and oxygen atoms in total. The Labute approximate surface area is 108 Å². The zero-order chi connectivity index (χ0) is 13.0. The molecule has 0 bridgehead atoms. The Morgan fingerprint density at radius 3 is 2.72 bits per heavy atom. The van der Waals surface area contributed by atoms with E-state index in [9.17, 15) is 5.11 Å². The highest BCUT2D eigenvalue weighted by atomic mass is 16.5. The summed E-state index contributed by atoms with van der Waals surface area (Å²) < 4.78 is 10.6. The summed E-state index contributed by atoms with van der Waals surface area (Å²) >= 11 is 0. The van der Waals surface area contributed by atoms with Gasteiger partial charge in [0.15, 0.2) is 11.5 Å². The van der Waals surface area contributed by atoms with E-state index in [-0.39, 0.29) is 12.6 Å². The van der Waals surface area contributed by atoms with E-state index in [2.05, 4.69) is 11.4 Å². The lowest BCUT2D eigenvalue weighted by Gasteiger charge is -2.29. The molecule has 1 saturated heterocycles. The molecule has 1 aliphatic rings. The summed E-state index contributed by atoms with van der Waals surface area (Å²) in [5.74, 6) is 1.89. The van der Waals surface area contributed by atoms with Gasteiger partial charge in [0.2, 0.25) is 0 Å². The fraction of sp³-hybridized carbons (Fsp3) is 0.571. The van der Waals surface area contributed by atoms with Gasteiger partial charge in [-0.25, -0.2) is 0 Å². The first-order valence-electron chi connectivity index (χ1n) is 6.34. The maximum atomic E-state index is 9.27. The van der Waals surface area contributed by atoms with Crippen molar-refractivity contribution in [1.82, 2.24) is 5.32 Å². The number of hydrogen-bond donors (Lipinski definition) is 2. The van der Waals surface area contributed by atoms with E-state index < -0.39 is 0 Å². The second-order valence-corrected chi connectivity index (χ2v) is 4.69. The van der Waals surface area contributed by atoms with Crippen molar-refractivity contribution in [2.24, 2.45) is 5.92 Å². The summed E-state index contributed by atoms with van der Waals surface area (Å²) in [4.78, 5) is 0. The molecule has 0 spiro atoms. The number of benzene rings is 1. The van der Waals surface area contributed by atoms with Crippen LogP contribution in [0, 0.1) is 5.92 Å². The lowest BCUT2D eigenvalue weighted by atomic mass is 9.89. The van der Waals surface area contributed by atoms with Gasteiger partial charge in [0.1, 0.15) is 0 Å². The molecule has 0 saturated carbocycles. The van der Waals surface area contributed by atoms with Gasteiger partial charge in [-0.3, -0.25) is 0 Å². The number of piperidine rings is 1. The standard InChI is InChI=1S/C14H21NO3/c1-17-13-4-3-11(8-14(13)18-2)12-7-10(9-16)5-6-15-12/h3-4,8,10,12,15-16H,5-7,9H2,1-2H3. The van der Waals surface area contributed by atoms with Gasteiger partial charge in [0.05, 0.1) is 14.2 Å². The third kappa shape index (κ3) is 2.76. The van der Waals surface area contributed by atoms with Crippen molar-refractivity contribution in [2.75, 3.05) is 27.4 Å². The highest BCUT2D eigenvalue weighted by Gasteiger charge is 2.22. The summed E-state index contributed by atoms with van der Waals surface area (Å²) in [7, 11) is 3.28. The average Bonchev–Trinajstić information content (AvgIpc) is 2.46. The lowest BCUT2D eigenvalue weighted by molar-refractivity contribution is 0.176. The SMILES string of the molecule is COc1ccc(C2CC(CO)CCN2)cc1OC. The zero-order valence-electron chi connectivity index (χ0n) is 11.0. The molecule has 1 aromatic carbocycles. The van der Waals surface area contributed by atoms with Crippen LogP contribution in [0.5, 0.6) is 11.5 Å². The van der Waals surface area contributed by atoms with E-state index in [0.29, 0.717) is 5.92 Å². The fourth-order valence-electron chi connectivity index (χ4n) is 2.49.